The molecule has 1 aliphatic heterocycles. The van der Waals surface area contributed by atoms with Crippen LogP contribution in [-0.2, 0) is 13.1 Å². The summed E-state index contributed by atoms with van der Waals surface area (Å²) in [5.41, 5.74) is 4.38. The van der Waals surface area contributed by atoms with Crippen LogP contribution in [0.3, 0.4) is 0 Å². The number of piperazine rings is 1. The van der Waals surface area contributed by atoms with Crippen molar-refractivity contribution in [2.24, 2.45) is 0 Å². The summed E-state index contributed by atoms with van der Waals surface area (Å²) in [4.78, 5) is 16.7. The first-order valence-corrected chi connectivity index (χ1v) is 9.58. The molecule has 5 heteroatoms. The average Bonchev–Trinajstić information content (AvgIpc) is 2.69. The maximum Gasteiger partial charge on any atom is 0.336 e. The van der Waals surface area contributed by atoms with E-state index in [0.29, 0.717) is 11.1 Å². The second-order valence-electron chi connectivity index (χ2n) is 7.45. The Labute approximate surface area is 164 Å². The molecule has 3 aromatic rings. The molecule has 142 valence electrons. The molecule has 4 rings (SSSR count). The van der Waals surface area contributed by atoms with Crippen LogP contribution in [0.15, 0.2) is 57.7 Å². The largest absolute Gasteiger partial charge is 0.423 e. The molecular weight excluding hydrogens is 350 g/mol. The van der Waals surface area contributed by atoms with E-state index in [0.717, 1.165) is 55.8 Å². The maximum absolute atomic E-state index is 11.9. The SMILES string of the molecule is Cc1ccc2c(CN3CCN(Cc4cccc(C#N)c4)CC3)cc(=O)oc2c1. The van der Waals surface area contributed by atoms with Crippen LogP contribution in [0, 0.1) is 18.3 Å². The van der Waals surface area contributed by atoms with E-state index in [2.05, 4.69) is 28.0 Å². The van der Waals surface area contributed by atoms with E-state index in [9.17, 15) is 4.79 Å². The number of nitrogens with zero attached hydrogens (tertiary/aromatic N) is 3. The smallest absolute Gasteiger partial charge is 0.336 e. The Morgan fingerprint density at radius 2 is 1.75 bits per heavy atom. The fourth-order valence-electron chi connectivity index (χ4n) is 3.81. The van der Waals surface area contributed by atoms with Crippen LogP contribution in [0.1, 0.15) is 22.3 Å². The number of aryl methyl sites for hydroxylation is 1. The van der Waals surface area contributed by atoms with Gasteiger partial charge in [0.1, 0.15) is 5.58 Å². The molecule has 28 heavy (non-hydrogen) atoms. The summed E-state index contributed by atoms with van der Waals surface area (Å²) in [7, 11) is 0. The van der Waals surface area contributed by atoms with E-state index in [1.54, 1.807) is 6.07 Å². The van der Waals surface area contributed by atoms with Gasteiger partial charge in [0.2, 0.25) is 0 Å². The van der Waals surface area contributed by atoms with Gasteiger partial charge in [-0.2, -0.15) is 5.26 Å². The van der Waals surface area contributed by atoms with E-state index in [-0.39, 0.29) is 5.63 Å². The van der Waals surface area contributed by atoms with Crippen LogP contribution in [0.25, 0.3) is 11.0 Å². The average molecular weight is 373 g/mol. The molecule has 1 aromatic heterocycles. The van der Waals surface area contributed by atoms with Crippen LogP contribution in [0.5, 0.6) is 0 Å². The molecule has 0 radical (unpaired) electrons. The quantitative estimate of drug-likeness (QED) is 0.657. The van der Waals surface area contributed by atoms with E-state index in [1.165, 1.54) is 5.56 Å². The van der Waals surface area contributed by atoms with E-state index in [4.69, 9.17) is 9.68 Å². The molecule has 0 unspecified atom stereocenters. The Morgan fingerprint density at radius 3 is 2.50 bits per heavy atom. The van der Waals surface area contributed by atoms with E-state index in [1.807, 2.05) is 37.3 Å². The molecule has 1 saturated heterocycles. The highest BCUT2D eigenvalue weighted by molar-refractivity contribution is 5.80. The minimum absolute atomic E-state index is 0.288. The minimum atomic E-state index is -0.288. The van der Waals surface area contributed by atoms with Crippen LogP contribution in [0.2, 0.25) is 0 Å². The first-order valence-electron chi connectivity index (χ1n) is 9.58. The molecule has 2 aromatic carbocycles. The molecule has 0 atom stereocenters. The fourth-order valence-corrected chi connectivity index (χ4v) is 3.81. The molecule has 0 amide bonds. The van der Waals surface area contributed by atoms with Crippen molar-refractivity contribution < 1.29 is 4.42 Å². The lowest BCUT2D eigenvalue weighted by molar-refractivity contribution is 0.122. The van der Waals surface area contributed by atoms with Crippen LogP contribution in [-0.4, -0.2) is 36.0 Å². The molecular formula is C23H23N3O2. The minimum Gasteiger partial charge on any atom is -0.423 e. The Morgan fingerprint density at radius 1 is 1.00 bits per heavy atom. The van der Waals surface area contributed by atoms with Gasteiger partial charge < -0.3 is 4.42 Å². The molecule has 0 spiro atoms. The molecule has 2 heterocycles. The summed E-state index contributed by atoms with van der Waals surface area (Å²) in [5.74, 6) is 0. The van der Waals surface area contributed by atoms with Crippen molar-refractivity contribution in [2.45, 2.75) is 20.0 Å². The number of benzene rings is 2. The summed E-state index contributed by atoms with van der Waals surface area (Å²) < 4.78 is 5.37. The molecule has 0 N–H and O–H groups in total. The van der Waals surface area contributed by atoms with Crippen molar-refractivity contribution in [1.82, 2.24) is 9.80 Å². The molecule has 0 aliphatic carbocycles. The third kappa shape index (κ3) is 4.14. The monoisotopic (exact) mass is 373 g/mol. The zero-order valence-corrected chi connectivity index (χ0v) is 16.0. The number of fused-ring (bicyclic) bond motifs is 1. The Bertz CT molecular complexity index is 1090. The zero-order valence-electron chi connectivity index (χ0n) is 16.0. The predicted octanol–water partition coefficient (Wildman–Crippen LogP) is 3.29. The van der Waals surface area contributed by atoms with Crippen molar-refractivity contribution in [3.8, 4) is 6.07 Å². The molecule has 0 bridgehead atoms. The van der Waals surface area contributed by atoms with Gasteiger partial charge in [0, 0.05) is 50.7 Å². The van der Waals surface area contributed by atoms with Gasteiger partial charge in [-0.25, -0.2) is 4.79 Å². The Kier molecular flexibility index (Phi) is 5.25. The lowest BCUT2D eigenvalue weighted by Gasteiger charge is -2.34. The van der Waals surface area contributed by atoms with Gasteiger partial charge in [0.05, 0.1) is 11.6 Å². The molecule has 1 aliphatic rings. The van der Waals surface area contributed by atoms with Gasteiger partial charge in [0.15, 0.2) is 0 Å². The summed E-state index contributed by atoms with van der Waals surface area (Å²) in [5, 5.41) is 10.1. The van der Waals surface area contributed by atoms with Crippen molar-refractivity contribution in [2.75, 3.05) is 26.2 Å². The Balaban J connectivity index is 1.41. The lowest BCUT2D eigenvalue weighted by atomic mass is 10.1. The highest BCUT2D eigenvalue weighted by Crippen LogP contribution is 2.21. The van der Waals surface area contributed by atoms with Crippen LogP contribution >= 0.6 is 0 Å². The molecule has 0 saturated carbocycles. The third-order valence-electron chi connectivity index (χ3n) is 5.31. The third-order valence-corrected chi connectivity index (χ3v) is 5.31. The summed E-state index contributed by atoms with van der Waals surface area (Å²) in [6, 6.07) is 17.7. The van der Waals surface area contributed by atoms with Gasteiger partial charge in [-0.3, -0.25) is 9.80 Å². The van der Waals surface area contributed by atoms with Crippen molar-refractivity contribution in [1.29, 1.82) is 5.26 Å². The van der Waals surface area contributed by atoms with Gasteiger partial charge >= 0.3 is 5.63 Å². The molecule has 1 fully saturated rings. The van der Waals surface area contributed by atoms with E-state index < -0.39 is 0 Å². The predicted molar refractivity (Wildman–Crippen MR) is 109 cm³/mol. The van der Waals surface area contributed by atoms with E-state index >= 15 is 0 Å². The number of nitriles is 1. The summed E-state index contributed by atoms with van der Waals surface area (Å²) in [6.07, 6.45) is 0. The fraction of sp³-hybridized carbons (Fsp3) is 0.304. The molecule has 5 nitrogen and oxygen atoms in total. The summed E-state index contributed by atoms with van der Waals surface area (Å²) in [6.45, 7) is 7.45. The normalized spacial score (nSPS) is 15.6. The van der Waals surface area contributed by atoms with Gasteiger partial charge in [-0.05, 0) is 41.8 Å². The number of hydrogen-bond donors (Lipinski definition) is 0. The Hall–Kier alpha value is -2.94. The van der Waals surface area contributed by atoms with Crippen molar-refractivity contribution in [3.05, 3.63) is 81.2 Å². The first-order chi connectivity index (χ1) is 13.6. The van der Waals surface area contributed by atoms with Crippen LogP contribution < -0.4 is 5.63 Å². The second-order valence-corrected chi connectivity index (χ2v) is 7.45. The number of rotatable bonds is 4. The van der Waals surface area contributed by atoms with Gasteiger partial charge in [-0.1, -0.05) is 24.3 Å². The maximum atomic E-state index is 11.9. The second kappa shape index (κ2) is 7.97. The topological polar surface area (TPSA) is 60.5 Å². The highest BCUT2D eigenvalue weighted by atomic mass is 16.4. The number of hydrogen-bond acceptors (Lipinski definition) is 5. The zero-order chi connectivity index (χ0) is 19.5. The van der Waals surface area contributed by atoms with Crippen LogP contribution in [0.4, 0.5) is 0 Å². The first kappa shape index (κ1) is 18.4. The van der Waals surface area contributed by atoms with Gasteiger partial charge in [-0.15, -0.1) is 0 Å². The standard InChI is InChI=1S/C23H23N3O2/c1-17-5-6-21-20(13-23(27)28-22(21)11-17)16-26-9-7-25(8-10-26)15-19-4-2-3-18(12-19)14-24/h2-6,11-13H,7-10,15-16H2,1H3. The summed E-state index contributed by atoms with van der Waals surface area (Å²) >= 11 is 0. The van der Waals surface area contributed by atoms with Crippen molar-refractivity contribution >= 4 is 11.0 Å². The van der Waals surface area contributed by atoms with Gasteiger partial charge in [0.25, 0.3) is 0 Å². The highest BCUT2D eigenvalue weighted by Gasteiger charge is 2.18. The lowest BCUT2D eigenvalue weighted by Crippen LogP contribution is -2.45. The van der Waals surface area contributed by atoms with Crippen molar-refractivity contribution in [3.63, 3.8) is 0 Å².